The Bertz CT molecular complexity index is 1760. The zero-order valence-electron chi connectivity index (χ0n) is 21.6. The van der Waals surface area contributed by atoms with E-state index in [1.165, 1.54) is 11.8 Å². The van der Waals surface area contributed by atoms with E-state index in [4.69, 9.17) is 4.74 Å². The van der Waals surface area contributed by atoms with Gasteiger partial charge in [0.15, 0.2) is 11.5 Å². The van der Waals surface area contributed by atoms with Gasteiger partial charge in [-0.05, 0) is 29.0 Å². The first-order valence-electron chi connectivity index (χ1n) is 13.2. The molecular weight excluding hydrogens is 504 g/mol. The largest absolute Gasteiger partial charge is 0.424 e. The quantitative estimate of drug-likeness (QED) is 0.160. The summed E-state index contributed by atoms with van der Waals surface area (Å²) in [5, 5.41) is 1.91. The molecule has 4 aromatic carbocycles. The van der Waals surface area contributed by atoms with Crippen LogP contribution in [0.25, 0.3) is 16.8 Å². The van der Waals surface area contributed by atoms with E-state index < -0.39 is 35.8 Å². The third kappa shape index (κ3) is 3.51. The van der Waals surface area contributed by atoms with Crippen LogP contribution in [0.5, 0.6) is 5.75 Å². The molecule has 0 radical (unpaired) electrons. The number of ketones is 1. The lowest BCUT2D eigenvalue weighted by Crippen LogP contribution is -2.49. The molecule has 3 aliphatic rings. The summed E-state index contributed by atoms with van der Waals surface area (Å²) < 4.78 is 5.56. The highest BCUT2D eigenvalue weighted by molar-refractivity contribution is 6.26. The number of nitrogens with zero attached hydrogens (tertiary/aromatic N) is 2. The standard InChI is InChI=1S/C33H24N2O5/c1-19(36)40-26-13-7-12-21-15-17-25-27-28(30(35(25)29(21)26)31(37)22-9-3-2-4-10-22)33(39)34(32(27)38)24-16-14-20-8-5-6-11-23(20)18-24/h2-18,25,27-28,30H,1H3. The lowest BCUT2D eigenvalue weighted by Gasteiger charge is -2.37. The van der Waals surface area contributed by atoms with E-state index in [0.29, 0.717) is 16.9 Å². The average Bonchev–Trinajstić information content (AvgIpc) is 3.44. The highest BCUT2D eigenvalue weighted by atomic mass is 16.5. The fraction of sp³-hybridized carbons (Fsp3) is 0.152. The van der Waals surface area contributed by atoms with Crippen molar-refractivity contribution < 1.29 is 23.9 Å². The Morgan fingerprint density at radius 2 is 1.50 bits per heavy atom. The molecule has 196 valence electrons. The van der Waals surface area contributed by atoms with Crippen LogP contribution in [0.2, 0.25) is 0 Å². The summed E-state index contributed by atoms with van der Waals surface area (Å²) in [5.41, 5.74) is 2.21. The van der Waals surface area contributed by atoms with Crippen molar-refractivity contribution in [1.82, 2.24) is 0 Å². The molecule has 2 saturated heterocycles. The molecule has 3 heterocycles. The molecule has 4 unspecified atom stereocenters. The van der Waals surface area contributed by atoms with Gasteiger partial charge in [0.2, 0.25) is 11.8 Å². The van der Waals surface area contributed by atoms with Crippen molar-refractivity contribution in [2.75, 3.05) is 9.80 Å². The maximum atomic E-state index is 14.2. The van der Waals surface area contributed by atoms with Crippen molar-refractivity contribution in [1.29, 1.82) is 0 Å². The number of esters is 1. The molecule has 0 aromatic heterocycles. The van der Waals surface area contributed by atoms with Gasteiger partial charge in [-0.2, -0.15) is 0 Å². The van der Waals surface area contributed by atoms with Crippen LogP contribution in [0.3, 0.4) is 0 Å². The van der Waals surface area contributed by atoms with Gasteiger partial charge in [-0.15, -0.1) is 0 Å². The minimum atomic E-state index is -0.972. The zero-order valence-corrected chi connectivity index (χ0v) is 21.6. The van der Waals surface area contributed by atoms with E-state index in [2.05, 4.69) is 0 Å². The molecule has 7 rings (SSSR count). The number of imide groups is 1. The average molecular weight is 529 g/mol. The monoisotopic (exact) mass is 528 g/mol. The summed E-state index contributed by atoms with van der Waals surface area (Å²) in [6.45, 7) is 1.31. The summed E-state index contributed by atoms with van der Waals surface area (Å²) in [5.74, 6) is -2.94. The molecule has 2 fully saturated rings. The van der Waals surface area contributed by atoms with Crippen molar-refractivity contribution in [3.63, 3.8) is 0 Å². The topological polar surface area (TPSA) is 84.0 Å². The number of rotatable bonds is 4. The summed E-state index contributed by atoms with van der Waals surface area (Å²) in [6, 6.07) is 25.8. The molecule has 7 heteroatoms. The summed E-state index contributed by atoms with van der Waals surface area (Å²) in [6.07, 6.45) is 3.75. The van der Waals surface area contributed by atoms with Crippen LogP contribution in [-0.4, -0.2) is 35.7 Å². The second-order valence-corrected chi connectivity index (χ2v) is 10.3. The van der Waals surface area contributed by atoms with Crippen molar-refractivity contribution in [3.05, 3.63) is 108 Å². The van der Waals surface area contributed by atoms with Crippen molar-refractivity contribution in [2.24, 2.45) is 11.8 Å². The van der Waals surface area contributed by atoms with Gasteiger partial charge in [0, 0.05) is 18.1 Å². The Hall–Kier alpha value is -5.04. The van der Waals surface area contributed by atoms with Gasteiger partial charge in [-0.25, -0.2) is 4.90 Å². The lowest BCUT2D eigenvalue weighted by molar-refractivity contribution is -0.132. The molecule has 0 bridgehead atoms. The SMILES string of the molecule is CC(=O)Oc1cccc2c1N1C(C=C2)C2C(=O)N(c3ccc4ccccc4c3)C(=O)C2C1C(=O)c1ccccc1. The van der Waals surface area contributed by atoms with E-state index in [-0.39, 0.29) is 17.4 Å². The van der Waals surface area contributed by atoms with Crippen molar-refractivity contribution in [3.8, 4) is 5.75 Å². The molecule has 7 nitrogen and oxygen atoms in total. The number of Topliss-reactive ketones (excluding diaryl/α,β-unsaturated/α-hetero) is 1. The Morgan fingerprint density at radius 1 is 0.775 bits per heavy atom. The number of para-hydroxylation sites is 1. The molecule has 3 aliphatic heterocycles. The van der Waals surface area contributed by atoms with E-state index in [0.717, 1.165) is 16.3 Å². The minimum absolute atomic E-state index is 0.265. The molecule has 0 N–H and O–H groups in total. The number of anilines is 2. The normalized spacial score (nSPS) is 22.7. The maximum absolute atomic E-state index is 14.2. The number of hydrogen-bond acceptors (Lipinski definition) is 6. The fourth-order valence-corrected chi connectivity index (χ4v) is 6.46. The molecule has 4 aromatic rings. The van der Waals surface area contributed by atoms with Gasteiger partial charge in [-0.1, -0.05) is 84.9 Å². The van der Waals surface area contributed by atoms with E-state index in [9.17, 15) is 19.2 Å². The number of amides is 2. The van der Waals surface area contributed by atoms with Gasteiger partial charge in [-0.3, -0.25) is 19.2 Å². The summed E-state index contributed by atoms with van der Waals surface area (Å²) >= 11 is 0. The summed E-state index contributed by atoms with van der Waals surface area (Å²) in [4.78, 5) is 57.6. The number of carbonyl (C=O) groups excluding carboxylic acids is 4. The number of fused-ring (bicyclic) bond motifs is 6. The lowest BCUT2D eigenvalue weighted by atomic mass is 9.86. The van der Waals surface area contributed by atoms with Crippen LogP contribution in [0.4, 0.5) is 11.4 Å². The Labute approximate surface area is 230 Å². The Balaban J connectivity index is 1.38. The van der Waals surface area contributed by atoms with Crippen LogP contribution < -0.4 is 14.5 Å². The third-order valence-corrected chi connectivity index (χ3v) is 8.06. The second-order valence-electron chi connectivity index (χ2n) is 10.3. The van der Waals surface area contributed by atoms with Gasteiger partial charge >= 0.3 is 5.97 Å². The smallest absolute Gasteiger partial charge is 0.308 e. The molecule has 4 atom stereocenters. The highest BCUT2D eigenvalue weighted by Crippen LogP contribution is 2.52. The molecular formula is C33H24N2O5. The van der Waals surface area contributed by atoms with E-state index >= 15 is 0 Å². The van der Waals surface area contributed by atoms with Gasteiger partial charge < -0.3 is 9.64 Å². The van der Waals surface area contributed by atoms with E-state index in [1.807, 2.05) is 65.6 Å². The van der Waals surface area contributed by atoms with Crippen LogP contribution in [0.15, 0.2) is 97.1 Å². The molecule has 2 amide bonds. The Morgan fingerprint density at radius 3 is 2.27 bits per heavy atom. The first kappa shape index (κ1) is 24.0. The zero-order chi connectivity index (χ0) is 27.5. The van der Waals surface area contributed by atoms with Crippen LogP contribution in [0, 0.1) is 11.8 Å². The van der Waals surface area contributed by atoms with Crippen molar-refractivity contribution >= 4 is 51.8 Å². The minimum Gasteiger partial charge on any atom is -0.424 e. The number of benzene rings is 4. The summed E-state index contributed by atoms with van der Waals surface area (Å²) in [7, 11) is 0. The fourth-order valence-electron chi connectivity index (χ4n) is 6.46. The first-order valence-corrected chi connectivity index (χ1v) is 13.2. The van der Waals surface area contributed by atoms with Gasteiger partial charge in [0.25, 0.3) is 0 Å². The van der Waals surface area contributed by atoms with Gasteiger partial charge in [0.05, 0.1) is 29.3 Å². The number of hydrogen-bond donors (Lipinski definition) is 0. The van der Waals surface area contributed by atoms with Crippen LogP contribution in [0.1, 0.15) is 22.8 Å². The van der Waals surface area contributed by atoms with E-state index in [1.54, 1.807) is 42.5 Å². The molecule has 0 saturated carbocycles. The van der Waals surface area contributed by atoms with Gasteiger partial charge in [0.1, 0.15) is 6.04 Å². The predicted molar refractivity (Wildman–Crippen MR) is 151 cm³/mol. The second kappa shape index (κ2) is 9.02. The predicted octanol–water partition coefficient (Wildman–Crippen LogP) is 5.04. The molecule has 0 aliphatic carbocycles. The molecule has 40 heavy (non-hydrogen) atoms. The highest BCUT2D eigenvalue weighted by Gasteiger charge is 2.64. The number of ether oxygens (including phenoxy) is 1. The first-order chi connectivity index (χ1) is 19.4. The van der Waals surface area contributed by atoms with Crippen molar-refractivity contribution in [2.45, 2.75) is 19.0 Å². The maximum Gasteiger partial charge on any atom is 0.308 e. The Kier molecular flexibility index (Phi) is 5.42. The third-order valence-electron chi connectivity index (χ3n) is 8.06. The number of carbonyl (C=O) groups is 4. The molecule has 0 spiro atoms. The van der Waals surface area contributed by atoms with Crippen LogP contribution >= 0.6 is 0 Å². The van der Waals surface area contributed by atoms with Crippen LogP contribution in [-0.2, 0) is 14.4 Å².